The van der Waals surface area contributed by atoms with E-state index in [9.17, 15) is 0 Å². The molecule has 3 rings (SSSR count). The first-order valence-corrected chi connectivity index (χ1v) is 8.27. The summed E-state index contributed by atoms with van der Waals surface area (Å²) in [6, 6.07) is 1.86. The summed E-state index contributed by atoms with van der Waals surface area (Å²) >= 11 is 0. The molecule has 2 N–H and O–H groups in total. The molecule has 0 spiro atoms. The Morgan fingerprint density at radius 1 is 1.17 bits per heavy atom. The van der Waals surface area contributed by atoms with Gasteiger partial charge in [0.05, 0.1) is 6.20 Å². The van der Waals surface area contributed by atoms with E-state index in [1.165, 1.54) is 12.0 Å². The largest absolute Gasteiger partial charge is 0.338 e. The first-order chi connectivity index (χ1) is 11.3. The van der Waals surface area contributed by atoms with Gasteiger partial charge in [0, 0.05) is 56.4 Å². The zero-order valence-electron chi connectivity index (χ0n) is 14.1. The Morgan fingerprint density at radius 3 is 2.58 bits per heavy atom. The maximum Gasteiger partial charge on any atom is 0.225 e. The third-order valence-electron chi connectivity index (χ3n) is 4.28. The van der Waals surface area contributed by atoms with Gasteiger partial charge in [0.2, 0.25) is 5.95 Å². The lowest BCUT2D eigenvalue weighted by atomic mass is 10.2. The normalized spacial score (nSPS) is 15.3. The number of rotatable bonds is 7. The smallest absolute Gasteiger partial charge is 0.225 e. The molecule has 0 radical (unpaired) electrons. The molecule has 8 heteroatoms. The molecule has 1 saturated heterocycles. The Bertz CT molecular complexity index is 581. The van der Waals surface area contributed by atoms with Crippen LogP contribution < -0.4 is 10.2 Å². The molecule has 1 fully saturated rings. The number of halogens is 1. The summed E-state index contributed by atoms with van der Waals surface area (Å²) in [6.45, 7) is 9.30. The van der Waals surface area contributed by atoms with E-state index in [4.69, 9.17) is 0 Å². The molecule has 132 valence electrons. The minimum atomic E-state index is 0. The number of H-pyrrole nitrogens is 1. The van der Waals surface area contributed by atoms with Crippen LogP contribution in [0.2, 0.25) is 0 Å². The van der Waals surface area contributed by atoms with Gasteiger partial charge in [-0.2, -0.15) is 5.10 Å². The Hall–Kier alpha value is -1.70. The molecule has 24 heavy (non-hydrogen) atoms. The van der Waals surface area contributed by atoms with Crippen LogP contribution in [0, 0.1) is 6.92 Å². The van der Waals surface area contributed by atoms with Crippen molar-refractivity contribution in [1.29, 1.82) is 0 Å². The van der Waals surface area contributed by atoms with Gasteiger partial charge in [0.1, 0.15) is 0 Å². The SMILES string of the molecule is Cc1[nH]ncc1CNCCCN1CCN(c2ncccn2)CC1.Cl. The second-order valence-corrected chi connectivity index (χ2v) is 5.93. The van der Waals surface area contributed by atoms with Gasteiger partial charge >= 0.3 is 0 Å². The summed E-state index contributed by atoms with van der Waals surface area (Å²) in [5.41, 5.74) is 2.40. The molecule has 1 aliphatic heterocycles. The highest BCUT2D eigenvalue weighted by atomic mass is 35.5. The van der Waals surface area contributed by atoms with Gasteiger partial charge in [-0.1, -0.05) is 0 Å². The number of hydrogen-bond acceptors (Lipinski definition) is 6. The van der Waals surface area contributed by atoms with E-state index in [1.54, 1.807) is 0 Å². The Labute approximate surface area is 149 Å². The molecule has 0 aromatic carbocycles. The number of aromatic nitrogens is 4. The van der Waals surface area contributed by atoms with E-state index in [0.717, 1.165) is 57.5 Å². The monoisotopic (exact) mass is 351 g/mol. The highest BCUT2D eigenvalue weighted by Crippen LogP contribution is 2.09. The van der Waals surface area contributed by atoms with E-state index in [1.807, 2.05) is 24.7 Å². The third-order valence-corrected chi connectivity index (χ3v) is 4.28. The van der Waals surface area contributed by atoms with E-state index < -0.39 is 0 Å². The molecule has 2 aromatic rings. The average molecular weight is 352 g/mol. The minimum Gasteiger partial charge on any atom is -0.338 e. The highest BCUT2D eigenvalue weighted by Gasteiger charge is 2.17. The number of hydrogen-bond donors (Lipinski definition) is 2. The quantitative estimate of drug-likeness (QED) is 0.731. The molecule has 0 saturated carbocycles. The van der Waals surface area contributed by atoms with E-state index in [-0.39, 0.29) is 12.4 Å². The van der Waals surface area contributed by atoms with Crippen molar-refractivity contribution in [2.24, 2.45) is 0 Å². The number of anilines is 1. The van der Waals surface area contributed by atoms with Gasteiger partial charge in [0.25, 0.3) is 0 Å². The molecule has 0 amide bonds. The van der Waals surface area contributed by atoms with Crippen LogP contribution in [-0.2, 0) is 6.54 Å². The van der Waals surface area contributed by atoms with Crippen LogP contribution in [0.15, 0.2) is 24.7 Å². The predicted octanol–water partition coefficient (Wildman–Crippen LogP) is 1.23. The van der Waals surface area contributed by atoms with Crippen molar-refractivity contribution in [1.82, 2.24) is 30.4 Å². The maximum absolute atomic E-state index is 4.32. The summed E-state index contributed by atoms with van der Waals surface area (Å²) in [5, 5.41) is 10.5. The van der Waals surface area contributed by atoms with Crippen molar-refractivity contribution >= 4 is 18.4 Å². The Balaban J connectivity index is 0.00000208. The van der Waals surface area contributed by atoms with Crippen molar-refractivity contribution in [2.45, 2.75) is 19.9 Å². The highest BCUT2D eigenvalue weighted by molar-refractivity contribution is 5.85. The van der Waals surface area contributed by atoms with Gasteiger partial charge in [-0.3, -0.25) is 10.00 Å². The van der Waals surface area contributed by atoms with Gasteiger partial charge < -0.3 is 10.2 Å². The first-order valence-electron chi connectivity index (χ1n) is 8.27. The second kappa shape index (κ2) is 9.56. The summed E-state index contributed by atoms with van der Waals surface area (Å²) in [4.78, 5) is 13.4. The van der Waals surface area contributed by atoms with Crippen LogP contribution in [-0.4, -0.2) is 64.3 Å². The van der Waals surface area contributed by atoms with Crippen molar-refractivity contribution in [3.63, 3.8) is 0 Å². The van der Waals surface area contributed by atoms with Gasteiger partial charge in [-0.15, -0.1) is 12.4 Å². The van der Waals surface area contributed by atoms with Crippen molar-refractivity contribution < 1.29 is 0 Å². The second-order valence-electron chi connectivity index (χ2n) is 5.93. The number of nitrogens with one attached hydrogen (secondary N) is 2. The summed E-state index contributed by atoms with van der Waals surface area (Å²) in [5.74, 6) is 0.851. The topological polar surface area (TPSA) is 73.0 Å². The molecular weight excluding hydrogens is 326 g/mol. The fourth-order valence-corrected chi connectivity index (χ4v) is 2.83. The molecule has 0 atom stereocenters. The Morgan fingerprint density at radius 2 is 1.92 bits per heavy atom. The number of piperazine rings is 1. The molecule has 7 nitrogen and oxygen atoms in total. The predicted molar refractivity (Wildman–Crippen MR) is 97.6 cm³/mol. The molecule has 2 aromatic heterocycles. The Kier molecular flexibility index (Phi) is 7.42. The van der Waals surface area contributed by atoms with Crippen LogP contribution in [0.3, 0.4) is 0 Å². The number of nitrogens with zero attached hydrogens (tertiary/aromatic N) is 5. The molecule has 0 unspecified atom stereocenters. The van der Waals surface area contributed by atoms with Gasteiger partial charge in [0.15, 0.2) is 0 Å². The fraction of sp³-hybridized carbons (Fsp3) is 0.562. The van der Waals surface area contributed by atoms with Crippen molar-refractivity contribution in [3.05, 3.63) is 35.9 Å². The number of aromatic amines is 1. The zero-order valence-corrected chi connectivity index (χ0v) is 14.9. The summed E-state index contributed by atoms with van der Waals surface area (Å²) in [6.07, 6.45) is 6.68. The molecule has 1 aliphatic rings. The van der Waals surface area contributed by atoms with Crippen LogP contribution in [0.4, 0.5) is 5.95 Å². The van der Waals surface area contributed by atoms with Crippen molar-refractivity contribution in [3.8, 4) is 0 Å². The van der Waals surface area contributed by atoms with E-state index in [2.05, 4.69) is 42.2 Å². The van der Waals surface area contributed by atoms with Crippen molar-refractivity contribution in [2.75, 3.05) is 44.2 Å². The third kappa shape index (κ3) is 5.15. The summed E-state index contributed by atoms with van der Waals surface area (Å²) in [7, 11) is 0. The zero-order chi connectivity index (χ0) is 15.9. The van der Waals surface area contributed by atoms with Crippen LogP contribution in [0.1, 0.15) is 17.7 Å². The molecule has 3 heterocycles. The number of aryl methyl sites for hydroxylation is 1. The lowest BCUT2D eigenvalue weighted by Gasteiger charge is -2.34. The first kappa shape index (κ1) is 18.6. The van der Waals surface area contributed by atoms with Crippen LogP contribution in [0.25, 0.3) is 0 Å². The van der Waals surface area contributed by atoms with Crippen LogP contribution in [0.5, 0.6) is 0 Å². The summed E-state index contributed by atoms with van der Waals surface area (Å²) < 4.78 is 0. The van der Waals surface area contributed by atoms with Crippen LogP contribution >= 0.6 is 12.4 Å². The average Bonchev–Trinajstić information content (AvgIpc) is 3.01. The van der Waals surface area contributed by atoms with E-state index >= 15 is 0 Å². The maximum atomic E-state index is 4.32. The minimum absolute atomic E-state index is 0. The van der Waals surface area contributed by atoms with E-state index in [0.29, 0.717) is 0 Å². The molecule has 0 aliphatic carbocycles. The lowest BCUT2D eigenvalue weighted by Crippen LogP contribution is -2.47. The van der Waals surface area contributed by atoms with Gasteiger partial charge in [-0.25, -0.2) is 9.97 Å². The molecule has 0 bridgehead atoms. The fourth-order valence-electron chi connectivity index (χ4n) is 2.83. The molecular formula is C16H26ClN7. The standard InChI is InChI=1S/C16H25N7.ClH/c1-14-15(13-20-21-14)12-17-4-3-7-22-8-10-23(11-9-22)16-18-5-2-6-19-16;/h2,5-6,13,17H,3-4,7-12H2,1H3,(H,20,21);1H. The lowest BCUT2D eigenvalue weighted by molar-refractivity contribution is 0.252. The van der Waals surface area contributed by atoms with Gasteiger partial charge in [-0.05, 0) is 32.5 Å².